The fourth-order valence-electron chi connectivity index (χ4n) is 7.66. The minimum absolute atomic E-state index is 0.0589. The summed E-state index contributed by atoms with van der Waals surface area (Å²) in [4.78, 5) is 25.4. The molecule has 5 nitrogen and oxygen atoms in total. The zero-order valence-corrected chi connectivity index (χ0v) is 42.5. The predicted molar refractivity (Wildman–Crippen MR) is 279 cm³/mol. The molecule has 0 aromatic heterocycles. The highest BCUT2D eigenvalue weighted by Crippen LogP contribution is 2.15. The summed E-state index contributed by atoms with van der Waals surface area (Å²) in [7, 11) is 0. The Kier molecular flexibility index (Phi) is 52.4. The molecule has 64 heavy (non-hydrogen) atoms. The molecule has 0 saturated carbocycles. The maximum absolute atomic E-state index is 12.8. The van der Waals surface area contributed by atoms with Gasteiger partial charge >= 0.3 is 11.9 Å². The van der Waals surface area contributed by atoms with Gasteiger partial charge in [0.25, 0.3) is 0 Å². The SMILES string of the molecule is CC/C=C\C/C=C\C/C=C\C/C=C\C/C=C\CCCC(=O)O[C@H](COCCCCCCCCCCCCCCCCCC)COC(=O)CCCCCCC/C=C\CCCCCCCC. The number of ether oxygens (including phenoxy) is 3. The van der Waals surface area contributed by atoms with E-state index in [1.807, 2.05) is 0 Å². The maximum Gasteiger partial charge on any atom is 0.306 e. The number of carbonyl (C=O) groups is 2. The van der Waals surface area contributed by atoms with Crippen LogP contribution in [0.4, 0.5) is 0 Å². The normalized spacial score (nSPS) is 12.7. The molecule has 1 atom stereocenters. The minimum atomic E-state index is -0.569. The standard InChI is InChI=1S/C59H104O5/c1-4-7-10-13-16-19-22-25-28-30-32-35-38-41-44-47-50-53-59(61)64-57(55-62-54-51-48-45-42-39-36-33-29-26-23-20-17-14-11-8-5-2)56-63-58(60)52-49-46-43-40-37-34-31-27-24-21-18-15-12-9-6-3/h7,10,16,19,25,27-28,31-32,35,41,44,57H,4-6,8-9,11-15,17-18,20-24,26,29-30,33-34,36-40,42-43,45-56H2,1-3H3/b10-7-,19-16-,28-25-,31-27-,35-32-,44-41-/t57-/m1/s1. The minimum Gasteiger partial charge on any atom is -0.462 e. The average molecular weight is 893 g/mol. The van der Waals surface area contributed by atoms with E-state index in [4.69, 9.17) is 14.2 Å². The lowest BCUT2D eigenvalue weighted by Crippen LogP contribution is -2.30. The van der Waals surface area contributed by atoms with Gasteiger partial charge in [-0.1, -0.05) is 241 Å². The molecule has 0 rings (SSSR count). The Balaban J connectivity index is 4.36. The molecule has 370 valence electrons. The molecule has 0 aliphatic rings. The van der Waals surface area contributed by atoms with Crippen molar-refractivity contribution >= 4 is 11.9 Å². The van der Waals surface area contributed by atoms with Crippen LogP contribution in [0.15, 0.2) is 72.9 Å². The molecule has 0 spiro atoms. The fraction of sp³-hybridized carbons (Fsp3) is 0.763. The average Bonchev–Trinajstić information content (AvgIpc) is 3.30. The van der Waals surface area contributed by atoms with Gasteiger partial charge in [-0.05, 0) is 83.5 Å². The molecule has 0 amide bonds. The van der Waals surface area contributed by atoms with Crippen LogP contribution in [-0.4, -0.2) is 37.9 Å². The van der Waals surface area contributed by atoms with Crippen LogP contribution >= 0.6 is 0 Å². The first kappa shape index (κ1) is 61.3. The summed E-state index contributed by atoms with van der Waals surface area (Å²) in [6, 6.07) is 0. The fourth-order valence-corrected chi connectivity index (χ4v) is 7.66. The van der Waals surface area contributed by atoms with Crippen LogP contribution in [0.25, 0.3) is 0 Å². The van der Waals surface area contributed by atoms with Crippen LogP contribution in [0.3, 0.4) is 0 Å². The van der Waals surface area contributed by atoms with Crippen LogP contribution in [0, 0.1) is 0 Å². The molecule has 0 fully saturated rings. The number of esters is 2. The number of unbranched alkanes of at least 4 members (excludes halogenated alkanes) is 27. The van der Waals surface area contributed by atoms with Crippen molar-refractivity contribution in [2.75, 3.05) is 19.8 Å². The lowest BCUT2D eigenvalue weighted by molar-refractivity contribution is -0.162. The lowest BCUT2D eigenvalue weighted by atomic mass is 10.0. The molecule has 0 bridgehead atoms. The first-order valence-electron chi connectivity index (χ1n) is 27.5. The Morgan fingerprint density at radius 1 is 0.359 bits per heavy atom. The van der Waals surface area contributed by atoms with Gasteiger partial charge in [0.2, 0.25) is 0 Å². The number of hydrogen-bond donors (Lipinski definition) is 0. The molecule has 0 saturated heterocycles. The van der Waals surface area contributed by atoms with E-state index in [2.05, 4.69) is 93.7 Å². The topological polar surface area (TPSA) is 61.8 Å². The Labute approximate surface area is 397 Å². The molecule has 0 N–H and O–H groups in total. The van der Waals surface area contributed by atoms with Gasteiger partial charge in [0.1, 0.15) is 6.61 Å². The summed E-state index contributed by atoms with van der Waals surface area (Å²) in [6.45, 7) is 7.67. The molecule has 5 heteroatoms. The van der Waals surface area contributed by atoms with Gasteiger partial charge in [0.05, 0.1) is 6.61 Å². The highest BCUT2D eigenvalue weighted by atomic mass is 16.6. The number of hydrogen-bond acceptors (Lipinski definition) is 5. The third-order valence-electron chi connectivity index (χ3n) is 11.7. The highest BCUT2D eigenvalue weighted by Gasteiger charge is 2.17. The van der Waals surface area contributed by atoms with Gasteiger partial charge in [-0.15, -0.1) is 0 Å². The molecular formula is C59H104O5. The second-order valence-electron chi connectivity index (χ2n) is 18.1. The zero-order chi connectivity index (χ0) is 46.3. The molecular weight excluding hydrogens is 789 g/mol. The van der Waals surface area contributed by atoms with E-state index in [9.17, 15) is 9.59 Å². The van der Waals surface area contributed by atoms with Crippen molar-refractivity contribution in [2.24, 2.45) is 0 Å². The third kappa shape index (κ3) is 52.0. The van der Waals surface area contributed by atoms with Gasteiger partial charge in [-0.3, -0.25) is 9.59 Å². The van der Waals surface area contributed by atoms with Gasteiger partial charge in [0, 0.05) is 19.4 Å². The number of allylic oxidation sites excluding steroid dienone is 12. The van der Waals surface area contributed by atoms with Crippen molar-refractivity contribution in [3.05, 3.63) is 72.9 Å². The third-order valence-corrected chi connectivity index (χ3v) is 11.7. The van der Waals surface area contributed by atoms with Crippen LogP contribution < -0.4 is 0 Å². The lowest BCUT2D eigenvalue weighted by Gasteiger charge is -2.18. The van der Waals surface area contributed by atoms with Crippen molar-refractivity contribution in [2.45, 2.75) is 271 Å². The van der Waals surface area contributed by atoms with E-state index in [0.29, 0.717) is 19.4 Å². The van der Waals surface area contributed by atoms with Gasteiger partial charge in [-0.2, -0.15) is 0 Å². The van der Waals surface area contributed by atoms with Crippen molar-refractivity contribution < 1.29 is 23.8 Å². The quantitative estimate of drug-likeness (QED) is 0.0346. The van der Waals surface area contributed by atoms with E-state index in [1.54, 1.807) is 0 Å². The molecule has 0 radical (unpaired) electrons. The van der Waals surface area contributed by atoms with Crippen molar-refractivity contribution in [3.8, 4) is 0 Å². The first-order chi connectivity index (χ1) is 31.6. The Morgan fingerprint density at radius 2 is 0.719 bits per heavy atom. The van der Waals surface area contributed by atoms with Gasteiger partial charge in [0.15, 0.2) is 6.10 Å². The maximum atomic E-state index is 12.8. The molecule has 0 aromatic rings. The molecule has 0 aromatic carbocycles. The van der Waals surface area contributed by atoms with Crippen LogP contribution in [-0.2, 0) is 23.8 Å². The van der Waals surface area contributed by atoms with Crippen LogP contribution in [0.2, 0.25) is 0 Å². The Morgan fingerprint density at radius 3 is 1.19 bits per heavy atom. The van der Waals surface area contributed by atoms with E-state index >= 15 is 0 Å². The molecule has 0 heterocycles. The summed E-state index contributed by atoms with van der Waals surface area (Å²) in [5.41, 5.74) is 0. The number of rotatable bonds is 50. The zero-order valence-electron chi connectivity index (χ0n) is 42.5. The smallest absolute Gasteiger partial charge is 0.306 e. The first-order valence-corrected chi connectivity index (χ1v) is 27.5. The Bertz CT molecular complexity index is 1150. The van der Waals surface area contributed by atoms with E-state index in [0.717, 1.165) is 83.5 Å². The van der Waals surface area contributed by atoms with Gasteiger partial charge < -0.3 is 14.2 Å². The summed E-state index contributed by atoms with van der Waals surface area (Å²) in [5, 5.41) is 0. The van der Waals surface area contributed by atoms with E-state index in [-0.39, 0.29) is 25.2 Å². The number of carbonyl (C=O) groups excluding carboxylic acids is 2. The van der Waals surface area contributed by atoms with Gasteiger partial charge in [-0.25, -0.2) is 0 Å². The van der Waals surface area contributed by atoms with Crippen molar-refractivity contribution in [1.29, 1.82) is 0 Å². The van der Waals surface area contributed by atoms with E-state index < -0.39 is 6.10 Å². The van der Waals surface area contributed by atoms with Crippen LogP contribution in [0.5, 0.6) is 0 Å². The van der Waals surface area contributed by atoms with Crippen molar-refractivity contribution in [3.63, 3.8) is 0 Å². The monoisotopic (exact) mass is 893 g/mol. The predicted octanol–water partition coefficient (Wildman–Crippen LogP) is 18.7. The van der Waals surface area contributed by atoms with Crippen LogP contribution in [0.1, 0.15) is 265 Å². The second kappa shape index (κ2) is 54.7. The second-order valence-corrected chi connectivity index (χ2v) is 18.1. The van der Waals surface area contributed by atoms with Crippen molar-refractivity contribution in [1.82, 2.24) is 0 Å². The largest absolute Gasteiger partial charge is 0.462 e. The summed E-state index contributed by atoms with van der Waals surface area (Å²) in [6.07, 6.45) is 70.6. The summed E-state index contributed by atoms with van der Waals surface area (Å²) >= 11 is 0. The van der Waals surface area contributed by atoms with E-state index in [1.165, 1.54) is 148 Å². The Hall–Kier alpha value is -2.66. The highest BCUT2D eigenvalue weighted by molar-refractivity contribution is 5.70. The summed E-state index contributed by atoms with van der Waals surface area (Å²) in [5.74, 6) is -0.466. The molecule has 0 aliphatic carbocycles. The molecule has 0 unspecified atom stereocenters. The summed E-state index contributed by atoms with van der Waals surface area (Å²) < 4.78 is 17.4. The molecule has 0 aliphatic heterocycles.